The maximum Gasteiger partial charge on any atom is 0.312 e. The Labute approximate surface area is 107 Å². The second kappa shape index (κ2) is 6.06. The molecule has 0 aromatic heterocycles. The van der Waals surface area contributed by atoms with Crippen LogP contribution < -0.4 is 4.74 Å². The average Bonchev–Trinajstić information content (AvgIpc) is 2.26. The van der Waals surface area contributed by atoms with Crippen molar-refractivity contribution in [2.45, 2.75) is 6.92 Å². The van der Waals surface area contributed by atoms with Gasteiger partial charge in [0.05, 0.1) is 16.6 Å². The number of alkyl halides is 1. The summed E-state index contributed by atoms with van der Waals surface area (Å²) in [6.45, 7) is 2.35. The minimum atomic E-state index is -0.500. The van der Waals surface area contributed by atoms with Gasteiger partial charge in [-0.25, -0.2) is 0 Å². The molecule has 1 unspecified atom stereocenters. The van der Waals surface area contributed by atoms with Crippen LogP contribution in [0.3, 0.4) is 0 Å². The zero-order valence-corrected chi connectivity index (χ0v) is 11.0. The largest absolute Gasteiger partial charge is 0.485 e. The quantitative estimate of drug-likeness (QED) is 0.474. The highest BCUT2D eigenvalue weighted by Crippen LogP contribution is 2.34. The lowest BCUT2D eigenvalue weighted by atomic mass is 10.2. The van der Waals surface area contributed by atoms with Crippen molar-refractivity contribution in [2.75, 3.05) is 11.9 Å². The van der Waals surface area contributed by atoms with E-state index in [9.17, 15) is 10.1 Å². The van der Waals surface area contributed by atoms with E-state index in [1.165, 1.54) is 12.1 Å². The van der Waals surface area contributed by atoms with Crippen molar-refractivity contribution in [3.05, 3.63) is 33.3 Å². The molecule has 0 spiro atoms. The van der Waals surface area contributed by atoms with Gasteiger partial charge in [-0.15, -0.1) is 0 Å². The number of nitro benzene ring substituents is 1. The molecule has 0 aliphatic rings. The number of rotatable bonds is 5. The first kappa shape index (κ1) is 13.3. The summed E-state index contributed by atoms with van der Waals surface area (Å²) in [5.41, 5.74) is -0.103. The van der Waals surface area contributed by atoms with E-state index < -0.39 is 4.92 Å². The van der Waals surface area contributed by atoms with Crippen molar-refractivity contribution >= 4 is 33.2 Å². The molecular weight excluding hydrogens is 297 g/mol. The van der Waals surface area contributed by atoms with Crippen molar-refractivity contribution in [3.8, 4) is 5.75 Å². The van der Waals surface area contributed by atoms with Crippen LogP contribution in [0.2, 0.25) is 5.02 Å². The van der Waals surface area contributed by atoms with Gasteiger partial charge < -0.3 is 4.74 Å². The molecular formula is C10H11BrClNO3. The normalized spacial score (nSPS) is 12.2. The summed E-state index contributed by atoms with van der Waals surface area (Å²) >= 11 is 9.17. The van der Waals surface area contributed by atoms with Gasteiger partial charge in [-0.05, 0) is 12.0 Å². The van der Waals surface area contributed by atoms with Gasteiger partial charge in [-0.2, -0.15) is 0 Å². The summed E-state index contributed by atoms with van der Waals surface area (Å²) in [4.78, 5) is 10.2. The highest BCUT2D eigenvalue weighted by molar-refractivity contribution is 9.09. The van der Waals surface area contributed by atoms with Crippen LogP contribution in [0.4, 0.5) is 5.69 Å². The Bertz CT molecular complexity index is 386. The Kier molecular flexibility index (Phi) is 5.02. The Hall–Kier alpha value is -0.810. The molecule has 0 fully saturated rings. The molecule has 16 heavy (non-hydrogen) atoms. The summed E-state index contributed by atoms with van der Waals surface area (Å²) in [6.07, 6.45) is 0. The molecule has 0 aliphatic heterocycles. The molecule has 4 nitrogen and oxygen atoms in total. The number of ether oxygens (including phenoxy) is 1. The van der Waals surface area contributed by atoms with Gasteiger partial charge in [0.25, 0.3) is 0 Å². The first-order valence-electron chi connectivity index (χ1n) is 4.68. The number of para-hydroxylation sites is 1. The molecule has 0 amide bonds. The van der Waals surface area contributed by atoms with Crippen molar-refractivity contribution in [2.24, 2.45) is 5.92 Å². The maximum absolute atomic E-state index is 10.7. The van der Waals surface area contributed by atoms with Crippen molar-refractivity contribution in [1.82, 2.24) is 0 Å². The molecule has 1 atom stereocenters. The van der Waals surface area contributed by atoms with Crippen LogP contribution in [0.15, 0.2) is 18.2 Å². The van der Waals surface area contributed by atoms with Gasteiger partial charge in [0.15, 0.2) is 0 Å². The number of nitrogens with zero attached hydrogens (tertiary/aromatic N) is 1. The van der Waals surface area contributed by atoms with Crippen LogP contribution in [0.25, 0.3) is 0 Å². The van der Waals surface area contributed by atoms with Gasteiger partial charge in [0.2, 0.25) is 5.75 Å². The number of hydrogen-bond acceptors (Lipinski definition) is 3. The van der Waals surface area contributed by atoms with Crippen LogP contribution in [0.5, 0.6) is 5.75 Å². The molecule has 0 saturated carbocycles. The van der Waals surface area contributed by atoms with Gasteiger partial charge in [0.1, 0.15) is 0 Å². The average molecular weight is 309 g/mol. The Morgan fingerprint density at radius 2 is 2.31 bits per heavy atom. The van der Waals surface area contributed by atoms with Crippen LogP contribution >= 0.6 is 27.5 Å². The predicted molar refractivity (Wildman–Crippen MR) is 66.6 cm³/mol. The van der Waals surface area contributed by atoms with Crippen molar-refractivity contribution in [1.29, 1.82) is 0 Å². The standard InChI is InChI=1S/C10H11BrClNO3/c1-7(5-11)6-16-10-8(12)3-2-4-9(10)13(14)15/h2-4,7H,5-6H2,1H3. The third kappa shape index (κ3) is 3.35. The van der Waals surface area contributed by atoms with E-state index in [0.29, 0.717) is 6.61 Å². The van der Waals surface area contributed by atoms with Crippen LogP contribution in [0.1, 0.15) is 6.92 Å². The highest BCUT2D eigenvalue weighted by atomic mass is 79.9. The summed E-state index contributed by atoms with van der Waals surface area (Å²) in [5.74, 6) is 0.401. The summed E-state index contributed by atoms with van der Waals surface area (Å²) in [5, 5.41) is 11.8. The van der Waals surface area contributed by atoms with E-state index in [1.54, 1.807) is 6.07 Å². The van der Waals surface area contributed by atoms with Crippen LogP contribution in [-0.2, 0) is 0 Å². The fraction of sp³-hybridized carbons (Fsp3) is 0.400. The molecule has 0 N–H and O–H groups in total. The number of nitro groups is 1. The van der Waals surface area contributed by atoms with E-state index in [-0.39, 0.29) is 22.4 Å². The molecule has 0 heterocycles. The van der Waals surface area contributed by atoms with Crippen LogP contribution in [0, 0.1) is 16.0 Å². The molecule has 88 valence electrons. The van der Waals surface area contributed by atoms with E-state index >= 15 is 0 Å². The molecule has 6 heteroatoms. The van der Waals surface area contributed by atoms with E-state index in [2.05, 4.69) is 15.9 Å². The minimum Gasteiger partial charge on any atom is -0.485 e. The second-order valence-electron chi connectivity index (χ2n) is 3.42. The molecule has 0 bridgehead atoms. The monoisotopic (exact) mass is 307 g/mol. The van der Waals surface area contributed by atoms with Crippen LogP contribution in [-0.4, -0.2) is 16.9 Å². The van der Waals surface area contributed by atoms with Gasteiger partial charge in [0, 0.05) is 11.4 Å². The minimum absolute atomic E-state index is 0.103. The third-order valence-electron chi connectivity index (χ3n) is 1.92. The Balaban J connectivity index is 2.88. The Morgan fingerprint density at radius 1 is 1.62 bits per heavy atom. The fourth-order valence-corrected chi connectivity index (χ4v) is 1.47. The highest BCUT2D eigenvalue weighted by Gasteiger charge is 2.18. The van der Waals surface area contributed by atoms with Gasteiger partial charge in [-0.3, -0.25) is 10.1 Å². The van der Waals surface area contributed by atoms with Crippen molar-refractivity contribution in [3.63, 3.8) is 0 Å². The molecule has 0 radical (unpaired) electrons. The lowest BCUT2D eigenvalue weighted by Crippen LogP contribution is -2.10. The first-order chi connectivity index (χ1) is 7.56. The Morgan fingerprint density at radius 3 is 2.88 bits per heavy atom. The summed E-state index contributed by atoms with van der Waals surface area (Å²) < 4.78 is 5.38. The number of hydrogen-bond donors (Lipinski definition) is 0. The SMILES string of the molecule is CC(CBr)COc1c(Cl)cccc1[N+](=O)[O-]. The molecule has 1 aromatic rings. The van der Waals surface area contributed by atoms with Crippen molar-refractivity contribution < 1.29 is 9.66 Å². The van der Waals surface area contributed by atoms with Gasteiger partial charge in [-0.1, -0.05) is 40.5 Å². The first-order valence-corrected chi connectivity index (χ1v) is 6.18. The molecule has 1 rings (SSSR count). The van der Waals surface area contributed by atoms with E-state index in [0.717, 1.165) is 5.33 Å². The summed E-state index contributed by atoms with van der Waals surface area (Å²) in [7, 11) is 0. The topological polar surface area (TPSA) is 52.4 Å². The lowest BCUT2D eigenvalue weighted by Gasteiger charge is -2.11. The predicted octanol–water partition coefficient (Wildman–Crippen LogP) is 3.66. The number of halogens is 2. The fourth-order valence-electron chi connectivity index (χ4n) is 1.05. The second-order valence-corrected chi connectivity index (χ2v) is 4.47. The zero-order valence-electron chi connectivity index (χ0n) is 8.65. The molecule has 1 aromatic carbocycles. The molecule has 0 aliphatic carbocycles. The zero-order chi connectivity index (χ0) is 12.1. The maximum atomic E-state index is 10.7. The lowest BCUT2D eigenvalue weighted by molar-refractivity contribution is -0.385. The molecule has 0 saturated heterocycles. The van der Waals surface area contributed by atoms with E-state index in [1.807, 2.05) is 6.92 Å². The smallest absolute Gasteiger partial charge is 0.312 e. The van der Waals surface area contributed by atoms with Gasteiger partial charge >= 0.3 is 5.69 Å². The number of benzene rings is 1. The van der Waals surface area contributed by atoms with E-state index in [4.69, 9.17) is 16.3 Å². The summed E-state index contributed by atoms with van der Waals surface area (Å²) in [6, 6.07) is 4.48. The third-order valence-corrected chi connectivity index (χ3v) is 3.32.